The molecule has 2 amide bonds. The number of hydrogen-bond acceptors (Lipinski definition) is 4. The zero-order chi connectivity index (χ0) is 16.9. The van der Waals surface area contributed by atoms with Crippen LogP contribution in [-0.2, 0) is 20.9 Å². The van der Waals surface area contributed by atoms with Crippen LogP contribution in [-0.4, -0.2) is 41.3 Å². The van der Waals surface area contributed by atoms with Gasteiger partial charge >= 0.3 is 0 Å². The van der Waals surface area contributed by atoms with Crippen LogP contribution in [0.1, 0.15) is 38.2 Å². The average Bonchev–Trinajstić information content (AvgIpc) is 3.12. The van der Waals surface area contributed by atoms with Crippen molar-refractivity contribution in [2.24, 2.45) is 5.10 Å². The first-order chi connectivity index (χ1) is 11.6. The van der Waals surface area contributed by atoms with Crippen LogP contribution < -0.4 is 5.32 Å². The molecule has 0 aromatic heterocycles. The molecule has 0 aliphatic carbocycles. The quantitative estimate of drug-likeness (QED) is 0.896. The lowest BCUT2D eigenvalue weighted by Gasteiger charge is -2.25. The number of nitrogens with zero attached hydrogens (tertiary/aromatic N) is 2. The van der Waals surface area contributed by atoms with Crippen molar-refractivity contribution in [2.45, 2.75) is 51.3 Å². The van der Waals surface area contributed by atoms with Crippen LogP contribution in [0, 0.1) is 0 Å². The SMILES string of the molecule is C[C@@H](NC(=O)C1=NN(Cc2ccccc2)C(=O)CC1)[C@H]1CCCO1. The number of rotatable bonds is 5. The molecule has 128 valence electrons. The zero-order valence-electron chi connectivity index (χ0n) is 13.9. The lowest BCUT2D eigenvalue weighted by atomic mass is 10.1. The van der Waals surface area contributed by atoms with Gasteiger partial charge in [-0.3, -0.25) is 9.59 Å². The highest BCUT2D eigenvalue weighted by Gasteiger charge is 2.28. The van der Waals surface area contributed by atoms with Crippen molar-refractivity contribution in [1.82, 2.24) is 10.3 Å². The molecule has 0 spiro atoms. The molecule has 1 N–H and O–H groups in total. The Morgan fingerprint density at radius 2 is 2.17 bits per heavy atom. The van der Waals surface area contributed by atoms with Crippen LogP contribution in [0.25, 0.3) is 0 Å². The minimum absolute atomic E-state index is 0.0529. The van der Waals surface area contributed by atoms with Crippen LogP contribution in [0.2, 0.25) is 0 Å². The molecule has 0 bridgehead atoms. The molecule has 1 aromatic carbocycles. The highest BCUT2D eigenvalue weighted by Crippen LogP contribution is 2.17. The molecule has 0 radical (unpaired) electrons. The van der Waals surface area contributed by atoms with Gasteiger partial charge in [-0.15, -0.1) is 0 Å². The molecule has 2 aliphatic heterocycles. The van der Waals surface area contributed by atoms with Crippen molar-refractivity contribution in [3.63, 3.8) is 0 Å². The number of hydrogen-bond donors (Lipinski definition) is 1. The van der Waals surface area contributed by atoms with E-state index >= 15 is 0 Å². The number of nitrogens with one attached hydrogen (secondary N) is 1. The molecule has 1 aromatic rings. The number of benzene rings is 1. The maximum Gasteiger partial charge on any atom is 0.267 e. The third kappa shape index (κ3) is 4.00. The van der Waals surface area contributed by atoms with Crippen molar-refractivity contribution >= 4 is 17.5 Å². The van der Waals surface area contributed by atoms with Gasteiger partial charge in [-0.2, -0.15) is 5.10 Å². The minimum atomic E-state index is -0.205. The van der Waals surface area contributed by atoms with Crippen LogP contribution in [0.5, 0.6) is 0 Å². The fourth-order valence-corrected chi connectivity index (χ4v) is 3.02. The molecule has 0 saturated carbocycles. The predicted octanol–water partition coefficient (Wildman–Crippen LogP) is 1.85. The molecule has 2 aliphatic rings. The second kappa shape index (κ2) is 7.57. The smallest absolute Gasteiger partial charge is 0.267 e. The van der Waals surface area contributed by atoms with Crippen molar-refractivity contribution < 1.29 is 14.3 Å². The van der Waals surface area contributed by atoms with Gasteiger partial charge in [0.25, 0.3) is 5.91 Å². The summed E-state index contributed by atoms with van der Waals surface area (Å²) >= 11 is 0. The van der Waals surface area contributed by atoms with E-state index in [4.69, 9.17) is 4.74 Å². The summed E-state index contributed by atoms with van der Waals surface area (Å²) in [6.45, 7) is 3.09. The summed E-state index contributed by atoms with van der Waals surface area (Å²) in [6, 6.07) is 9.60. The lowest BCUT2D eigenvalue weighted by Crippen LogP contribution is -2.46. The molecule has 6 nitrogen and oxygen atoms in total. The number of carbonyl (C=O) groups excluding carboxylic acids is 2. The first-order valence-electron chi connectivity index (χ1n) is 8.48. The van der Waals surface area contributed by atoms with Gasteiger partial charge in [-0.05, 0) is 25.3 Å². The van der Waals surface area contributed by atoms with E-state index in [-0.39, 0.29) is 24.0 Å². The Kier molecular flexibility index (Phi) is 5.25. The molecule has 1 saturated heterocycles. The van der Waals surface area contributed by atoms with Gasteiger partial charge in [0, 0.05) is 19.4 Å². The van der Waals surface area contributed by atoms with E-state index in [1.54, 1.807) is 0 Å². The third-order valence-corrected chi connectivity index (χ3v) is 4.42. The summed E-state index contributed by atoms with van der Waals surface area (Å²) in [4.78, 5) is 24.5. The van der Waals surface area contributed by atoms with E-state index in [1.807, 2.05) is 37.3 Å². The van der Waals surface area contributed by atoms with Gasteiger partial charge in [-0.1, -0.05) is 30.3 Å². The van der Waals surface area contributed by atoms with Crippen LogP contribution >= 0.6 is 0 Å². The van der Waals surface area contributed by atoms with Gasteiger partial charge in [0.1, 0.15) is 5.71 Å². The van der Waals surface area contributed by atoms with Crippen molar-refractivity contribution in [1.29, 1.82) is 0 Å². The van der Waals surface area contributed by atoms with E-state index < -0.39 is 0 Å². The largest absolute Gasteiger partial charge is 0.376 e. The highest BCUT2D eigenvalue weighted by atomic mass is 16.5. The fourth-order valence-electron chi connectivity index (χ4n) is 3.02. The number of amides is 2. The molecule has 2 heterocycles. The van der Waals surface area contributed by atoms with Crippen molar-refractivity contribution in [2.75, 3.05) is 6.61 Å². The molecule has 24 heavy (non-hydrogen) atoms. The molecule has 3 rings (SSSR count). The monoisotopic (exact) mass is 329 g/mol. The average molecular weight is 329 g/mol. The number of ether oxygens (including phenoxy) is 1. The Balaban J connectivity index is 1.64. The lowest BCUT2D eigenvalue weighted by molar-refractivity contribution is -0.132. The fraction of sp³-hybridized carbons (Fsp3) is 0.500. The molecular formula is C18H23N3O3. The Labute approximate surface area is 141 Å². The summed E-state index contributed by atoms with van der Waals surface area (Å²) in [5.41, 5.74) is 1.40. The highest BCUT2D eigenvalue weighted by molar-refractivity contribution is 6.39. The van der Waals surface area contributed by atoms with Gasteiger partial charge in [-0.25, -0.2) is 5.01 Å². The van der Waals surface area contributed by atoms with Gasteiger partial charge in [0.2, 0.25) is 5.91 Å². The molecule has 2 atom stereocenters. The standard InChI is InChI=1S/C18H23N3O3/c1-13(16-8-5-11-24-16)19-18(23)15-9-10-17(22)21(20-15)12-14-6-3-2-4-7-14/h2-4,6-7,13,16H,5,8-12H2,1H3,(H,19,23)/t13-,16-/m1/s1. The van der Waals surface area contributed by atoms with E-state index in [0.29, 0.717) is 25.1 Å². The summed E-state index contributed by atoms with van der Waals surface area (Å²) < 4.78 is 5.60. The predicted molar refractivity (Wildman–Crippen MR) is 90.2 cm³/mol. The maximum atomic E-state index is 12.4. The van der Waals surface area contributed by atoms with Crippen molar-refractivity contribution in [3.8, 4) is 0 Å². The number of hydrazone groups is 1. The zero-order valence-corrected chi connectivity index (χ0v) is 13.9. The van der Waals surface area contributed by atoms with Gasteiger partial charge in [0.15, 0.2) is 0 Å². The van der Waals surface area contributed by atoms with E-state index in [0.717, 1.165) is 25.0 Å². The second-order valence-corrected chi connectivity index (χ2v) is 6.30. The first kappa shape index (κ1) is 16.6. The van der Waals surface area contributed by atoms with Gasteiger partial charge < -0.3 is 10.1 Å². The van der Waals surface area contributed by atoms with E-state index in [9.17, 15) is 9.59 Å². The normalized spacial score (nSPS) is 22.2. The third-order valence-electron chi connectivity index (χ3n) is 4.42. The molecular weight excluding hydrogens is 306 g/mol. The Bertz CT molecular complexity index is 624. The van der Waals surface area contributed by atoms with E-state index in [2.05, 4.69) is 10.4 Å². The van der Waals surface area contributed by atoms with E-state index in [1.165, 1.54) is 5.01 Å². The van der Waals surface area contributed by atoms with Crippen LogP contribution in [0.3, 0.4) is 0 Å². The summed E-state index contributed by atoms with van der Waals surface area (Å²) in [5, 5.41) is 8.64. The van der Waals surface area contributed by atoms with Crippen LogP contribution in [0.15, 0.2) is 35.4 Å². The Hall–Kier alpha value is -2.21. The number of carbonyl (C=O) groups is 2. The second-order valence-electron chi connectivity index (χ2n) is 6.30. The summed E-state index contributed by atoms with van der Waals surface area (Å²) in [6.07, 6.45) is 2.76. The van der Waals surface area contributed by atoms with Gasteiger partial charge in [0.05, 0.1) is 18.7 Å². The topological polar surface area (TPSA) is 71.0 Å². The molecule has 6 heteroatoms. The first-order valence-corrected chi connectivity index (χ1v) is 8.48. The minimum Gasteiger partial charge on any atom is -0.376 e. The summed E-state index contributed by atoms with van der Waals surface area (Å²) in [5.74, 6) is -0.258. The Morgan fingerprint density at radius 1 is 1.38 bits per heavy atom. The molecule has 0 unspecified atom stereocenters. The summed E-state index contributed by atoms with van der Waals surface area (Å²) in [7, 11) is 0. The van der Waals surface area contributed by atoms with Crippen LogP contribution in [0.4, 0.5) is 0 Å². The van der Waals surface area contributed by atoms with Crippen molar-refractivity contribution in [3.05, 3.63) is 35.9 Å². The molecule has 1 fully saturated rings. The Morgan fingerprint density at radius 3 is 2.88 bits per heavy atom. The maximum absolute atomic E-state index is 12.4.